The van der Waals surface area contributed by atoms with Gasteiger partial charge in [0, 0.05) is 11.4 Å². The molecule has 0 atom stereocenters. The van der Waals surface area contributed by atoms with E-state index in [-0.39, 0.29) is 18.5 Å². The van der Waals surface area contributed by atoms with E-state index in [0.29, 0.717) is 23.2 Å². The third kappa shape index (κ3) is 5.61. The number of nitrogens with one attached hydrogen (secondary N) is 2. The molecule has 0 radical (unpaired) electrons. The number of carbonyl (C=O) groups is 1. The first-order valence-corrected chi connectivity index (χ1v) is 11.9. The lowest BCUT2D eigenvalue weighted by Gasteiger charge is -2.11. The maximum absolute atomic E-state index is 12.4. The van der Waals surface area contributed by atoms with E-state index < -0.39 is 0 Å². The quantitative estimate of drug-likeness (QED) is 0.210. The maximum Gasteiger partial charge on any atom is 0.250 e. The molecule has 4 aromatic rings. The predicted molar refractivity (Wildman–Crippen MR) is 134 cm³/mol. The monoisotopic (exact) mass is 486 g/mol. The first-order chi connectivity index (χ1) is 17.3. The van der Waals surface area contributed by atoms with E-state index in [2.05, 4.69) is 26.0 Å². The number of carbonyl (C=O) groups excluding carboxylic acids is 1. The fourth-order valence-corrected chi connectivity index (χ4v) is 4.18. The highest BCUT2D eigenvalue weighted by molar-refractivity contribution is 7.99. The molecule has 35 heavy (non-hydrogen) atoms. The van der Waals surface area contributed by atoms with Crippen LogP contribution in [-0.4, -0.2) is 39.4 Å². The zero-order valence-electron chi connectivity index (χ0n) is 18.6. The van der Waals surface area contributed by atoms with Crippen LogP contribution in [0.25, 0.3) is 5.69 Å². The molecule has 0 unspecified atom stereocenters. The molecule has 1 amide bonds. The predicted octanol–water partition coefficient (Wildman–Crippen LogP) is 3.85. The largest absolute Gasteiger partial charge is 0.454 e. The number of ether oxygens (including phenoxy) is 2. The normalized spacial score (nSPS) is 12.1. The van der Waals surface area contributed by atoms with Gasteiger partial charge in [0.2, 0.25) is 6.79 Å². The molecule has 0 saturated carbocycles. The summed E-state index contributed by atoms with van der Waals surface area (Å²) < 4.78 is 12.6. The van der Waals surface area contributed by atoms with Gasteiger partial charge in [0.05, 0.1) is 18.5 Å². The Morgan fingerprint density at radius 2 is 1.77 bits per heavy atom. The molecule has 0 saturated heterocycles. The van der Waals surface area contributed by atoms with Crippen molar-refractivity contribution in [2.45, 2.75) is 11.7 Å². The number of nitrogens with zero attached hydrogens (tertiary/aromatic N) is 4. The number of fused-ring (bicyclic) bond motifs is 1. The van der Waals surface area contributed by atoms with E-state index in [9.17, 15) is 4.79 Å². The van der Waals surface area contributed by atoms with Crippen molar-refractivity contribution in [1.82, 2.24) is 20.2 Å². The molecule has 1 aliphatic rings. The SMILES string of the molecule is O=C(CSc1nnc(CNc2ccccc2)n1-c1ccccc1)NN=Cc1ccc2c(c1)OCO2. The van der Waals surface area contributed by atoms with Gasteiger partial charge in [-0.15, -0.1) is 10.2 Å². The van der Waals surface area contributed by atoms with Gasteiger partial charge in [0.1, 0.15) is 0 Å². The molecule has 0 bridgehead atoms. The minimum Gasteiger partial charge on any atom is -0.454 e. The molecular formula is C25H22N6O3S. The third-order valence-corrected chi connectivity index (χ3v) is 6.00. The van der Waals surface area contributed by atoms with Crippen molar-refractivity contribution in [1.29, 1.82) is 0 Å². The smallest absolute Gasteiger partial charge is 0.250 e. The van der Waals surface area contributed by atoms with Crippen molar-refractivity contribution in [3.05, 3.63) is 90.3 Å². The first-order valence-electron chi connectivity index (χ1n) is 10.9. The number of rotatable bonds is 9. The zero-order valence-corrected chi connectivity index (χ0v) is 19.4. The second-order valence-electron chi connectivity index (χ2n) is 7.48. The minimum atomic E-state index is -0.251. The summed E-state index contributed by atoms with van der Waals surface area (Å²) in [6.07, 6.45) is 1.56. The van der Waals surface area contributed by atoms with E-state index in [0.717, 1.165) is 22.8 Å². The Morgan fingerprint density at radius 3 is 2.60 bits per heavy atom. The van der Waals surface area contributed by atoms with Gasteiger partial charge < -0.3 is 14.8 Å². The molecule has 5 rings (SSSR count). The fraction of sp³-hybridized carbons (Fsp3) is 0.120. The molecule has 0 spiro atoms. The topological polar surface area (TPSA) is 103 Å². The number of amides is 1. The van der Waals surface area contributed by atoms with Gasteiger partial charge in [0.25, 0.3) is 5.91 Å². The van der Waals surface area contributed by atoms with Crippen molar-refractivity contribution in [3.8, 4) is 17.2 Å². The van der Waals surface area contributed by atoms with Crippen LogP contribution in [0.1, 0.15) is 11.4 Å². The van der Waals surface area contributed by atoms with Crippen LogP contribution in [0.5, 0.6) is 11.5 Å². The number of anilines is 1. The lowest BCUT2D eigenvalue weighted by molar-refractivity contribution is -0.118. The summed E-state index contributed by atoms with van der Waals surface area (Å²) >= 11 is 1.29. The highest BCUT2D eigenvalue weighted by atomic mass is 32.2. The lowest BCUT2D eigenvalue weighted by atomic mass is 10.2. The average Bonchev–Trinajstić information content (AvgIpc) is 3.54. The van der Waals surface area contributed by atoms with Crippen molar-refractivity contribution in [2.75, 3.05) is 17.9 Å². The number of benzene rings is 3. The molecule has 0 fully saturated rings. The van der Waals surface area contributed by atoms with E-state index in [1.807, 2.05) is 77.4 Å². The van der Waals surface area contributed by atoms with Gasteiger partial charge >= 0.3 is 0 Å². The molecule has 3 aromatic carbocycles. The third-order valence-electron chi connectivity index (χ3n) is 5.07. The molecule has 2 heterocycles. The molecule has 9 nitrogen and oxygen atoms in total. The van der Waals surface area contributed by atoms with Gasteiger partial charge in [-0.05, 0) is 48.0 Å². The second kappa shape index (κ2) is 10.7. The number of thioether (sulfide) groups is 1. The van der Waals surface area contributed by atoms with Crippen LogP contribution in [0.2, 0.25) is 0 Å². The van der Waals surface area contributed by atoms with Gasteiger partial charge in [0.15, 0.2) is 22.5 Å². The summed E-state index contributed by atoms with van der Waals surface area (Å²) in [4.78, 5) is 12.4. The van der Waals surface area contributed by atoms with E-state index in [1.54, 1.807) is 12.3 Å². The summed E-state index contributed by atoms with van der Waals surface area (Å²) in [7, 11) is 0. The van der Waals surface area contributed by atoms with Crippen molar-refractivity contribution >= 4 is 29.6 Å². The Labute approximate surface area is 206 Å². The summed E-state index contributed by atoms with van der Waals surface area (Å²) in [6, 6.07) is 25.2. The fourth-order valence-electron chi connectivity index (χ4n) is 3.42. The Balaban J connectivity index is 1.22. The van der Waals surface area contributed by atoms with Crippen LogP contribution in [0.15, 0.2) is 89.1 Å². The Hall–Kier alpha value is -4.31. The average molecular weight is 487 g/mol. The summed E-state index contributed by atoms with van der Waals surface area (Å²) in [5.41, 5.74) is 5.25. The van der Waals surface area contributed by atoms with Crippen molar-refractivity contribution in [3.63, 3.8) is 0 Å². The molecule has 176 valence electrons. The van der Waals surface area contributed by atoms with Crippen LogP contribution >= 0.6 is 11.8 Å². The van der Waals surface area contributed by atoms with Crippen LogP contribution in [0.4, 0.5) is 5.69 Å². The highest BCUT2D eigenvalue weighted by Gasteiger charge is 2.16. The van der Waals surface area contributed by atoms with E-state index in [1.165, 1.54) is 11.8 Å². The summed E-state index contributed by atoms with van der Waals surface area (Å²) in [5, 5.41) is 16.7. The van der Waals surface area contributed by atoms with Crippen molar-refractivity contribution < 1.29 is 14.3 Å². The Bertz CT molecular complexity index is 1330. The molecular weight excluding hydrogens is 464 g/mol. The lowest BCUT2D eigenvalue weighted by Crippen LogP contribution is -2.20. The van der Waals surface area contributed by atoms with Gasteiger partial charge in [-0.1, -0.05) is 48.2 Å². The first kappa shape index (κ1) is 22.5. The number of hydrogen-bond donors (Lipinski definition) is 2. The number of para-hydroxylation sites is 2. The van der Waals surface area contributed by atoms with Crippen LogP contribution in [0, 0.1) is 0 Å². The number of hydrogen-bond acceptors (Lipinski definition) is 8. The van der Waals surface area contributed by atoms with Crippen LogP contribution in [0.3, 0.4) is 0 Å². The number of hydrazone groups is 1. The Kier molecular flexibility index (Phi) is 6.90. The molecule has 0 aliphatic carbocycles. The number of aromatic nitrogens is 3. The van der Waals surface area contributed by atoms with Gasteiger partial charge in [-0.2, -0.15) is 5.10 Å². The minimum absolute atomic E-state index is 0.134. The van der Waals surface area contributed by atoms with Crippen molar-refractivity contribution in [2.24, 2.45) is 5.10 Å². The van der Waals surface area contributed by atoms with Gasteiger partial charge in [-0.25, -0.2) is 5.43 Å². The van der Waals surface area contributed by atoms with Crippen LogP contribution in [-0.2, 0) is 11.3 Å². The second-order valence-corrected chi connectivity index (χ2v) is 8.43. The van der Waals surface area contributed by atoms with E-state index >= 15 is 0 Å². The standard InChI is InChI=1S/C25H22N6O3S/c32-24(29-27-14-18-11-12-21-22(13-18)34-17-33-21)16-35-25-30-28-23(15-26-19-7-3-1-4-8-19)31(25)20-9-5-2-6-10-20/h1-14,26H,15-17H2,(H,29,32). The highest BCUT2D eigenvalue weighted by Crippen LogP contribution is 2.32. The van der Waals surface area contributed by atoms with Crippen LogP contribution < -0.4 is 20.2 Å². The molecule has 10 heteroatoms. The Morgan fingerprint density at radius 1 is 1.00 bits per heavy atom. The van der Waals surface area contributed by atoms with E-state index in [4.69, 9.17) is 9.47 Å². The maximum atomic E-state index is 12.4. The summed E-state index contributed by atoms with van der Waals surface area (Å²) in [6.45, 7) is 0.694. The molecule has 1 aliphatic heterocycles. The molecule has 1 aromatic heterocycles. The zero-order chi connectivity index (χ0) is 23.9. The van der Waals surface area contributed by atoms with Gasteiger partial charge in [-0.3, -0.25) is 9.36 Å². The molecule has 2 N–H and O–H groups in total. The summed E-state index contributed by atoms with van der Waals surface area (Å²) in [5.74, 6) is 1.98.